The smallest absolute Gasteiger partial charge is 0.277 e. The molecule has 6 nitrogen and oxygen atoms in total. The fraction of sp³-hybridized carbons (Fsp3) is 0.316. The third-order valence-electron chi connectivity index (χ3n) is 4.24. The highest BCUT2D eigenvalue weighted by Gasteiger charge is 2.20. The maximum atomic E-state index is 12.9. The summed E-state index contributed by atoms with van der Waals surface area (Å²) in [6.07, 6.45) is 1.29. The van der Waals surface area contributed by atoms with E-state index < -0.39 is 0 Å². The fourth-order valence-electron chi connectivity index (χ4n) is 2.76. The quantitative estimate of drug-likeness (QED) is 0.658. The van der Waals surface area contributed by atoms with Crippen molar-refractivity contribution in [1.29, 1.82) is 0 Å². The number of aromatic amines is 1. The molecule has 0 radical (unpaired) electrons. The van der Waals surface area contributed by atoms with Gasteiger partial charge < -0.3 is 5.32 Å². The third kappa shape index (κ3) is 3.99. The number of nitrogens with one attached hydrogen (secondary N) is 2. The molecule has 0 saturated heterocycles. The van der Waals surface area contributed by atoms with Crippen LogP contribution in [0.15, 0.2) is 29.1 Å². The zero-order chi connectivity index (χ0) is 19.6. The molecule has 2 aromatic heterocycles. The lowest BCUT2D eigenvalue weighted by Crippen LogP contribution is -2.23. The Morgan fingerprint density at radius 1 is 1.33 bits per heavy atom. The Bertz CT molecular complexity index is 1030. The predicted octanol–water partition coefficient (Wildman–Crippen LogP) is 3.62. The van der Waals surface area contributed by atoms with Crippen LogP contribution in [-0.4, -0.2) is 27.2 Å². The molecule has 2 heterocycles. The number of hydrogen-bond acceptors (Lipinski definition) is 4. The molecule has 27 heavy (non-hydrogen) atoms. The van der Waals surface area contributed by atoms with Crippen molar-refractivity contribution < 1.29 is 4.79 Å². The number of aryl methyl sites for hydroxylation is 2. The van der Waals surface area contributed by atoms with Crippen LogP contribution in [0.4, 0.5) is 0 Å². The lowest BCUT2D eigenvalue weighted by molar-refractivity contribution is 0.0957. The number of H-pyrrole nitrogens is 1. The van der Waals surface area contributed by atoms with Crippen molar-refractivity contribution in [2.75, 3.05) is 6.54 Å². The second kappa shape index (κ2) is 8.10. The summed E-state index contributed by atoms with van der Waals surface area (Å²) in [6.45, 7) is 6.22. The summed E-state index contributed by atoms with van der Waals surface area (Å²) >= 11 is 7.43. The van der Waals surface area contributed by atoms with Gasteiger partial charge in [-0.1, -0.05) is 48.1 Å². The van der Waals surface area contributed by atoms with Crippen molar-refractivity contribution >= 4 is 28.8 Å². The molecule has 0 fully saturated rings. The Hall–Kier alpha value is -2.38. The number of rotatable bonds is 6. The van der Waals surface area contributed by atoms with Crippen LogP contribution >= 0.6 is 22.9 Å². The van der Waals surface area contributed by atoms with Crippen LogP contribution in [0.2, 0.25) is 5.02 Å². The molecule has 0 atom stereocenters. The lowest BCUT2D eigenvalue weighted by Gasteiger charge is -2.01. The largest absolute Gasteiger partial charge is 0.351 e. The van der Waals surface area contributed by atoms with E-state index in [0.717, 1.165) is 17.7 Å². The van der Waals surface area contributed by atoms with E-state index in [1.54, 1.807) is 6.92 Å². The number of carbonyl (C=O) groups excluding carboxylic acids is 1. The Labute approximate surface area is 166 Å². The molecule has 8 heteroatoms. The molecular formula is C19H21ClN4O2S. The summed E-state index contributed by atoms with van der Waals surface area (Å²) < 4.78 is 1.40. The number of carbonyl (C=O) groups is 1. The minimum Gasteiger partial charge on any atom is -0.351 e. The summed E-state index contributed by atoms with van der Waals surface area (Å²) in [5.74, 6) is -0.161. The van der Waals surface area contributed by atoms with Crippen molar-refractivity contribution in [3.63, 3.8) is 0 Å². The van der Waals surface area contributed by atoms with E-state index in [4.69, 9.17) is 11.6 Å². The average molecular weight is 405 g/mol. The van der Waals surface area contributed by atoms with Gasteiger partial charge in [0.15, 0.2) is 0 Å². The van der Waals surface area contributed by atoms with Crippen molar-refractivity contribution in [3.8, 4) is 5.13 Å². The first kappa shape index (κ1) is 19.4. The molecule has 0 bridgehead atoms. The van der Waals surface area contributed by atoms with E-state index in [1.807, 2.05) is 38.1 Å². The standard InChI is InChI=1S/C19H21ClN4O2S/c1-4-9-21-17(25)16-12(3)22-19(27-16)24-18(26)14(11(2)23-24)10-13-7-5-6-8-15(13)20/h5-8,23H,4,9-10H2,1-3H3,(H,21,25). The molecule has 0 unspecified atom stereocenters. The predicted molar refractivity (Wildman–Crippen MR) is 108 cm³/mol. The number of benzene rings is 1. The first-order valence-corrected chi connectivity index (χ1v) is 9.91. The van der Waals surface area contributed by atoms with Crippen molar-refractivity contribution in [2.24, 2.45) is 0 Å². The number of thiazole rings is 1. The lowest BCUT2D eigenvalue weighted by atomic mass is 10.1. The van der Waals surface area contributed by atoms with E-state index in [9.17, 15) is 9.59 Å². The Morgan fingerprint density at radius 3 is 2.78 bits per heavy atom. The Morgan fingerprint density at radius 2 is 2.07 bits per heavy atom. The van der Waals surface area contributed by atoms with Gasteiger partial charge >= 0.3 is 0 Å². The minimum absolute atomic E-state index is 0.161. The summed E-state index contributed by atoms with van der Waals surface area (Å²) in [5.41, 5.74) is 2.70. The molecule has 0 spiro atoms. The second-order valence-electron chi connectivity index (χ2n) is 6.29. The SMILES string of the molecule is CCCNC(=O)c1sc(-n2[nH]c(C)c(Cc3ccccc3Cl)c2=O)nc1C. The van der Waals surface area contributed by atoms with Gasteiger partial charge in [0.05, 0.1) is 5.69 Å². The highest BCUT2D eigenvalue weighted by molar-refractivity contribution is 7.16. The summed E-state index contributed by atoms with van der Waals surface area (Å²) in [6, 6.07) is 7.47. The van der Waals surface area contributed by atoms with Crippen molar-refractivity contribution in [2.45, 2.75) is 33.6 Å². The molecule has 2 N–H and O–H groups in total. The van der Waals surface area contributed by atoms with Gasteiger partial charge in [-0.15, -0.1) is 0 Å². The normalized spacial score (nSPS) is 11.0. The molecule has 0 aliphatic heterocycles. The van der Waals surface area contributed by atoms with E-state index in [2.05, 4.69) is 15.4 Å². The average Bonchev–Trinajstić information content (AvgIpc) is 3.16. The molecule has 0 aliphatic rings. The molecule has 1 amide bonds. The Kier molecular flexibility index (Phi) is 5.82. The molecule has 142 valence electrons. The van der Waals surface area contributed by atoms with Gasteiger partial charge in [-0.3, -0.25) is 14.7 Å². The van der Waals surface area contributed by atoms with E-state index >= 15 is 0 Å². The van der Waals surface area contributed by atoms with Gasteiger partial charge in [-0.2, -0.15) is 4.68 Å². The Balaban J connectivity index is 1.94. The van der Waals surface area contributed by atoms with Gasteiger partial charge in [-0.05, 0) is 31.9 Å². The number of amides is 1. The van der Waals surface area contributed by atoms with Gasteiger partial charge in [0.2, 0.25) is 5.13 Å². The highest BCUT2D eigenvalue weighted by atomic mass is 35.5. The molecule has 1 aromatic carbocycles. The highest BCUT2D eigenvalue weighted by Crippen LogP contribution is 2.22. The van der Waals surface area contributed by atoms with Crippen LogP contribution in [0.3, 0.4) is 0 Å². The zero-order valence-electron chi connectivity index (χ0n) is 15.4. The van der Waals surface area contributed by atoms with Crippen molar-refractivity contribution in [3.05, 3.63) is 67.0 Å². The number of aromatic nitrogens is 3. The van der Waals surface area contributed by atoms with Gasteiger partial charge in [0, 0.05) is 29.2 Å². The summed E-state index contributed by atoms with van der Waals surface area (Å²) in [4.78, 5) is 30.1. The minimum atomic E-state index is -0.179. The molecular weight excluding hydrogens is 384 g/mol. The van der Waals surface area contributed by atoms with Crippen LogP contribution in [-0.2, 0) is 6.42 Å². The van der Waals surface area contributed by atoms with Crippen LogP contribution in [0.5, 0.6) is 0 Å². The summed E-state index contributed by atoms with van der Waals surface area (Å²) in [5, 5.41) is 6.99. The number of halogens is 1. The van der Waals surface area contributed by atoms with E-state index in [-0.39, 0.29) is 11.5 Å². The fourth-order valence-corrected chi connectivity index (χ4v) is 3.91. The zero-order valence-corrected chi connectivity index (χ0v) is 17.0. The van der Waals surface area contributed by atoms with Crippen LogP contribution in [0, 0.1) is 13.8 Å². The molecule has 0 aliphatic carbocycles. The molecule has 3 aromatic rings. The molecule has 0 saturated carbocycles. The summed E-state index contributed by atoms with van der Waals surface area (Å²) in [7, 11) is 0. The van der Waals surface area contributed by atoms with E-state index in [0.29, 0.717) is 39.3 Å². The second-order valence-corrected chi connectivity index (χ2v) is 7.68. The maximum Gasteiger partial charge on any atom is 0.277 e. The third-order valence-corrected chi connectivity index (χ3v) is 5.75. The monoisotopic (exact) mass is 404 g/mol. The number of hydrogen-bond donors (Lipinski definition) is 2. The topological polar surface area (TPSA) is 79.8 Å². The maximum absolute atomic E-state index is 12.9. The number of nitrogens with zero attached hydrogens (tertiary/aromatic N) is 2. The van der Waals surface area contributed by atoms with Crippen LogP contribution < -0.4 is 10.9 Å². The van der Waals surface area contributed by atoms with Crippen LogP contribution in [0.1, 0.15) is 45.5 Å². The molecule has 3 rings (SSSR count). The first-order chi connectivity index (χ1) is 12.9. The van der Waals surface area contributed by atoms with Gasteiger partial charge in [0.1, 0.15) is 4.88 Å². The first-order valence-electron chi connectivity index (χ1n) is 8.72. The van der Waals surface area contributed by atoms with Gasteiger partial charge in [-0.25, -0.2) is 4.98 Å². The van der Waals surface area contributed by atoms with E-state index in [1.165, 1.54) is 16.0 Å². The van der Waals surface area contributed by atoms with Crippen LogP contribution in [0.25, 0.3) is 5.13 Å². The van der Waals surface area contributed by atoms with Gasteiger partial charge in [0.25, 0.3) is 11.5 Å². The van der Waals surface area contributed by atoms with Crippen molar-refractivity contribution in [1.82, 2.24) is 20.1 Å².